The lowest BCUT2D eigenvalue weighted by molar-refractivity contribution is -0.116. The summed E-state index contributed by atoms with van der Waals surface area (Å²) in [6, 6.07) is 5.28. The summed E-state index contributed by atoms with van der Waals surface area (Å²) in [7, 11) is 0. The van der Waals surface area contributed by atoms with Gasteiger partial charge in [0.15, 0.2) is 0 Å². The highest BCUT2D eigenvalue weighted by Crippen LogP contribution is 2.05. The normalized spacial score (nSPS) is 9.29. The molecule has 0 fully saturated rings. The molecule has 0 bridgehead atoms. The minimum absolute atomic E-state index is 0.0412. The number of carbonyl (C=O) groups is 1. The van der Waals surface area contributed by atoms with Crippen LogP contribution in [-0.2, 0) is 4.79 Å². The number of pyridine rings is 1. The van der Waals surface area contributed by atoms with Crippen LogP contribution >= 0.6 is 0 Å². The lowest BCUT2D eigenvalue weighted by Gasteiger charge is -2.02. The van der Waals surface area contributed by atoms with Gasteiger partial charge in [-0.3, -0.25) is 4.79 Å². The number of aromatic nitrogens is 1. The smallest absolute Gasteiger partial charge is 0.225 e. The van der Waals surface area contributed by atoms with Crippen molar-refractivity contribution in [3.8, 4) is 11.8 Å². The van der Waals surface area contributed by atoms with E-state index in [1.807, 2.05) is 6.92 Å². The minimum Gasteiger partial charge on any atom is -0.395 e. The molecule has 0 atom stereocenters. The molecule has 0 aliphatic carbocycles. The van der Waals surface area contributed by atoms with E-state index in [-0.39, 0.29) is 12.5 Å². The maximum absolute atomic E-state index is 11.4. The first kappa shape index (κ1) is 13.2. The second-order valence-corrected chi connectivity index (χ2v) is 3.48. The Morgan fingerprint density at radius 3 is 3.06 bits per heavy atom. The van der Waals surface area contributed by atoms with Crippen molar-refractivity contribution >= 4 is 11.7 Å². The highest BCUT2D eigenvalue weighted by Gasteiger charge is 2.01. The summed E-state index contributed by atoms with van der Waals surface area (Å²) in [5, 5.41) is 11.3. The number of hydrogen-bond donors (Lipinski definition) is 2. The third-order valence-electron chi connectivity index (χ3n) is 1.95. The molecule has 1 aromatic rings. The van der Waals surface area contributed by atoms with E-state index < -0.39 is 0 Å². The van der Waals surface area contributed by atoms with Gasteiger partial charge in [0.05, 0.1) is 6.61 Å². The summed E-state index contributed by atoms with van der Waals surface area (Å²) in [6.07, 6.45) is 1.72. The second kappa shape index (κ2) is 7.42. The Morgan fingerprint density at radius 2 is 2.35 bits per heavy atom. The first-order valence-electron chi connectivity index (χ1n) is 5.63. The quantitative estimate of drug-likeness (QED) is 0.774. The summed E-state index contributed by atoms with van der Waals surface area (Å²) in [5.74, 6) is 6.07. The first-order chi connectivity index (χ1) is 8.26. The van der Waals surface area contributed by atoms with Crippen molar-refractivity contribution in [3.05, 3.63) is 23.9 Å². The molecule has 1 aromatic heterocycles. The molecule has 90 valence electrons. The molecular formula is C13H16N2O2. The summed E-state index contributed by atoms with van der Waals surface area (Å²) in [5.41, 5.74) is 0.591. The molecule has 0 unspecified atom stereocenters. The van der Waals surface area contributed by atoms with Crippen LogP contribution in [0.2, 0.25) is 0 Å². The Morgan fingerprint density at radius 1 is 1.53 bits per heavy atom. The van der Waals surface area contributed by atoms with E-state index in [0.29, 0.717) is 24.4 Å². The Balaban J connectivity index is 2.66. The zero-order chi connectivity index (χ0) is 12.5. The Kier molecular flexibility index (Phi) is 5.76. The maximum atomic E-state index is 11.4. The standard InChI is InChI=1S/C13H16N2O2/c1-2-6-13(17)15-12-9-5-8-11(14-12)7-3-4-10-16/h5,8-9,16H,2,4,6,10H2,1H3,(H,14,15,17). The zero-order valence-electron chi connectivity index (χ0n) is 9.86. The fourth-order valence-electron chi connectivity index (χ4n) is 1.22. The van der Waals surface area contributed by atoms with Gasteiger partial charge in [0.1, 0.15) is 11.5 Å². The molecule has 0 aromatic carbocycles. The first-order valence-corrected chi connectivity index (χ1v) is 5.63. The van der Waals surface area contributed by atoms with Crippen molar-refractivity contribution in [1.29, 1.82) is 0 Å². The van der Waals surface area contributed by atoms with E-state index in [4.69, 9.17) is 5.11 Å². The Labute approximate surface area is 101 Å². The molecule has 1 rings (SSSR count). The zero-order valence-corrected chi connectivity index (χ0v) is 9.86. The molecule has 2 N–H and O–H groups in total. The highest BCUT2D eigenvalue weighted by molar-refractivity contribution is 5.89. The number of aliphatic hydroxyl groups is 1. The number of aliphatic hydroxyl groups excluding tert-OH is 1. The van der Waals surface area contributed by atoms with Gasteiger partial charge in [0.2, 0.25) is 5.91 Å². The van der Waals surface area contributed by atoms with Crippen LogP contribution < -0.4 is 5.32 Å². The summed E-state index contributed by atoms with van der Waals surface area (Å²) in [4.78, 5) is 15.5. The number of carbonyl (C=O) groups excluding carboxylic acids is 1. The number of hydrogen-bond acceptors (Lipinski definition) is 3. The SMILES string of the molecule is CCCC(=O)Nc1cccc(C#CCCO)n1. The number of nitrogens with one attached hydrogen (secondary N) is 1. The lowest BCUT2D eigenvalue weighted by atomic mass is 10.3. The number of rotatable bonds is 4. The summed E-state index contributed by atoms with van der Waals surface area (Å²) in [6.45, 7) is 1.99. The van der Waals surface area contributed by atoms with Gasteiger partial charge in [-0.15, -0.1) is 0 Å². The average molecular weight is 232 g/mol. The molecule has 1 amide bonds. The molecular weight excluding hydrogens is 216 g/mol. The van der Waals surface area contributed by atoms with Crippen LogP contribution in [0.25, 0.3) is 0 Å². The van der Waals surface area contributed by atoms with Gasteiger partial charge < -0.3 is 10.4 Å². The topological polar surface area (TPSA) is 62.2 Å². The molecule has 0 aliphatic heterocycles. The van der Waals surface area contributed by atoms with E-state index in [0.717, 1.165) is 6.42 Å². The molecule has 0 aliphatic rings. The second-order valence-electron chi connectivity index (χ2n) is 3.48. The summed E-state index contributed by atoms with van der Waals surface area (Å²) >= 11 is 0. The Hall–Kier alpha value is -1.86. The van der Waals surface area contributed by atoms with Gasteiger partial charge in [-0.25, -0.2) is 4.98 Å². The largest absolute Gasteiger partial charge is 0.395 e. The fraction of sp³-hybridized carbons (Fsp3) is 0.385. The molecule has 17 heavy (non-hydrogen) atoms. The van der Waals surface area contributed by atoms with Gasteiger partial charge in [-0.1, -0.05) is 18.9 Å². The molecule has 0 saturated carbocycles. The fourth-order valence-corrected chi connectivity index (χ4v) is 1.22. The molecule has 1 heterocycles. The van der Waals surface area contributed by atoms with Crippen molar-refractivity contribution in [1.82, 2.24) is 4.98 Å². The number of anilines is 1. The van der Waals surface area contributed by atoms with Gasteiger partial charge in [0, 0.05) is 12.8 Å². The van der Waals surface area contributed by atoms with Gasteiger partial charge in [-0.05, 0) is 24.5 Å². The number of nitrogens with zero attached hydrogens (tertiary/aromatic N) is 1. The van der Waals surface area contributed by atoms with E-state index in [9.17, 15) is 4.79 Å². The minimum atomic E-state index is -0.0412. The van der Waals surface area contributed by atoms with Crippen LogP contribution in [0.4, 0.5) is 5.82 Å². The van der Waals surface area contributed by atoms with Crippen LogP contribution in [-0.4, -0.2) is 22.6 Å². The van der Waals surface area contributed by atoms with E-state index in [2.05, 4.69) is 22.1 Å². The monoisotopic (exact) mass is 232 g/mol. The van der Waals surface area contributed by atoms with Gasteiger partial charge in [0.25, 0.3) is 0 Å². The maximum Gasteiger partial charge on any atom is 0.225 e. The van der Waals surface area contributed by atoms with E-state index >= 15 is 0 Å². The lowest BCUT2D eigenvalue weighted by Crippen LogP contribution is -2.11. The van der Waals surface area contributed by atoms with Crippen molar-refractivity contribution in [2.75, 3.05) is 11.9 Å². The molecule has 4 nitrogen and oxygen atoms in total. The van der Waals surface area contributed by atoms with Crippen LogP contribution in [0.1, 0.15) is 31.9 Å². The average Bonchev–Trinajstić information content (AvgIpc) is 2.30. The van der Waals surface area contributed by atoms with Crippen molar-refractivity contribution < 1.29 is 9.90 Å². The van der Waals surface area contributed by atoms with Crippen molar-refractivity contribution in [3.63, 3.8) is 0 Å². The molecule has 4 heteroatoms. The third kappa shape index (κ3) is 5.14. The molecule has 0 saturated heterocycles. The van der Waals surface area contributed by atoms with E-state index in [1.54, 1.807) is 18.2 Å². The third-order valence-corrected chi connectivity index (χ3v) is 1.95. The van der Waals surface area contributed by atoms with Crippen LogP contribution in [0.3, 0.4) is 0 Å². The molecule has 0 spiro atoms. The van der Waals surface area contributed by atoms with Crippen LogP contribution in [0.15, 0.2) is 18.2 Å². The predicted molar refractivity (Wildman–Crippen MR) is 66.4 cm³/mol. The molecule has 0 radical (unpaired) electrons. The van der Waals surface area contributed by atoms with Gasteiger partial charge in [-0.2, -0.15) is 0 Å². The van der Waals surface area contributed by atoms with Gasteiger partial charge >= 0.3 is 0 Å². The highest BCUT2D eigenvalue weighted by atomic mass is 16.2. The summed E-state index contributed by atoms with van der Waals surface area (Å²) < 4.78 is 0. The predicted octanol–water partition coefficient (Wildman–Crippen LogP) is 1.55. The van der Waals surface area contributed by atoms with E-state index in [1.165, 1.54) is 0 Å². The van der Waals surface area contributed by atoms with Crippen molar-refractivity contribution in [2.45, 2.75) is 26.2 Å². The Bertz CT molecular complexity index is 433. The van der Waals surface area contributed by atoms with Crippen molar-refractivity contribution in [2.24, 2.45) is 0 Å². The number of amides is 1. The van der Waals surface area contributed by atoms with Crippen LogP contribution in [0.5, 0.6) is 0 Å². The van der Waals surface area contributed by atoms with Crippen LogP contribution in [0, 0.1) is 11.8 Å².